The number of aliphatic hydroxyl groups excluding tert-OH is 1. The van der Waals surface area contributed by atoms with Crippen LogP contribution in [-0.4, -0.2) is 34.2 Å². The van der Waals surface area contributed by atoms with Gasteiger partial charge < -0.3 is 5.11 Å². The standard InChI is InChI=1S/C13H21ClN2OS/c1-3-11(13-15-10(6-14)8-18-13)16-5-4-9(2)12(17)7-16/h8-9,11-12,17H,3-7H2,1-2H3. The third-order valence-corrected chi connectivity index (χ3v) is 5.04. The number of halogens is 1. The zero-order valence-corrected chi connectivity index (χ0v) is 12.5. The van der Waals surface area contributed by atoms with Crippen molar-refractivity contribution in [1.29, 1.82) is 0 Å². The van der Waals surface area contributed by atoms with Gasteiger partial charge in [0.05, 0.1) is 23.7 Å². The lowest BCUT2D eigenvalue weighted by Crippen LogP contribution is -2.44. The van der Waals surface area contributed by atoms with E-state index in [1.807, 2.05) is 5.38 Å². The van der Waals surface area contributed by atoms with E-state index in [0.29, 0.717) is 17.8 Å². The molecule has 0 bridgehead atoms. The average Bonchev–Trinajstić information content (AvgIpc) is 2.83. The van der Waals surface area contributed by atoms with E-state index < -0.39 is 0 Å². The Morgan fingerprint density at radius 3 is 3.00 bits per heavy atom. The molecule has 102 valence electrons. The van der Waals surface area contributed by atoms with Gasteiger partial charge in [0, 0.05) is 11.9 Å². The summed E-state index contributed by atoms with van der Waals surface area (Å²) in [6.07, 6.45) is 1.88. The first-order valence-electron chi connectivity index (χ1n) is 6.58. The maximum atomic E-state index is 10.0. The summed E-state index contributed by atoms with van der Waals surface area (Å²) in [5.74, 6) is 0.889. The second-order valence-corrected chi connectivity index (χ2v) is 6.22. The van der Waals surface area contributed by atoms with E-state index in [1.54, 1.807) is 11.3 Å². The molecule has 1 aliphatic rings. The Morgan fingerprint density at radius 1 is 1.67 bits per heavy atom. The van der Waals surface area contributed by atoms with Gasteiger partial charge >= 0.3 is 0 Å². The number of hydrogen-bond donors (Lipinski definition) is 1. The molecule has 3 nitrogen and oxygen atoms in total. The number of piperidine rings is 1. The Hall–Kier alpha value is -0.160. The van der Waals surface area contributed by atoms with Crippen LogP contribution in [0.5, 0.6) is 0 Å². The minimum absolute atomic E-state index is 0.208. The molecular weight excluding hydrogens is 268 g/mol. The lowest BCUT2D eigenvalue weighted by atomic mass is 9.94. The highest BCUT2D eigenvalue weighted by atomic mass is 35.5. The van der Waals surface area contributed by atoms with Crippen molar-refractivity contribution in [2.24, 2.45) is 5.92 Å². The number of likely N-dealkylation sites (tertiary alicyclic amines) is 1. The zero-order chi connectivity index (χ0) is 13.1. The van der Waals surface area contributed by atoms with Gasteiger partial charge in [-0.05, 0) is 25.3 Å². The fourth-order valence-electron chi connectivity index (χ4n) is 2.48. The van der Waals surface area contributed by atoms with Crippen molar-refractivity contribution < 1.29 is 5.11 Å². The number of aliphatic hydroxyl groups is 1. The first kappa shape index (κ1) is 14.3. The molecular formula is C13H21ClN2OS. The summed E-state index contributed by atoms with van der Waals surface area (Å²) in [4.78, 5) is 6.95. The van der Waals surface area contributed by atoms with Crippen molar-refractivity contribution in [3.05, 3.63) is 16.1 Å². The minimum Gasteiger partial charge on any atom is -0.392 e. The zero-order valence-electron chi connectivity index (χ0n) is 11.0. The van der Waals surface area contributed by atoms with Crippen molar-refractivity contribution in [3.63, 3.8) is 0 Å². The molecule has 1 aromatic rings. The number of β-amino-alcohol motifs (C(OH)–C–C–N with tert-alkyl or cyclic N) is 1. The van der Waals surface area contributed by atoms with Gasteiger partial charge in [-0.3, -0.25) is 4.90 Å². The Bertz CT molecular complexity index is 385. The minimum atomic E-state index is -0.208. The maximum absolute atomic E-state index is 10.0. The molecule has 18 heavy (non-hydrogen) atoms. The summed E-state index contributed by atoms with van der Waals surface area (Å²) in [6.45, 7) is 6.11. The lowest BCUT2D eigenvalue weighted by molar-refractivity contribution is 0.00860. The van der Waals surface area contributed by atoms with E-state index in [0.717, 1.165) is 36.6 Å². The molecule has 0 aliphatic carbocycles. The largest absolute Gasteiger partial charge is 0.392 e. The van der Waals surface area contributed by atoms with E-state index in [9.17, 15) is 5.11 Å². The molecule has 0 spiro atoms. The molecule has 3 unspecified atom stereocenters. The van der Waals surface area contributed by atoms with Crippen molar-refractivity contribution >= 4 is 22.9 Å². The first-order valence-corrected chi connectivity index (χ1v) is 7.99. The van der Waals surface area contributed by atoms with Crippen molar-refractivity contribution in [2.45, 2.75) is 44.7 Å². The number of aromatic nitrogens is 1. The van der Waals surface area contributed by atoms with Crippen LogP contribution < -0.4 is 0 Å². The number of thiazole rings is 1. The van der Waals surface area contributed by atoms with E-state index in [-0.39, 0.29) is 6.10 Å². The van der Waals surface area contributed by atoms with Crippen LogP contribution in [0.4, 0.5) is 0 Å². The van der Waals surface area contributed by atoms with Crippen LogP contribution in [0, 0.1) is 5.92 Å². The van der Waals surface area contributed by atoms with Crippen LogP contribution in [0.15, 0.2) is 5.38 Å². The third kappa shape index (κ3) is 3.05. The molecule has 1 aliphatic heterocycles. The fraction of sp³-hybridized carbons (Fsp3) is 0.769. The van der Waals surface area contributed by atoms with Crippen LogP contribution in [0.3, 0.4) is 0 Å². The molecule has 2 rings (SSSR count). The van der Waals surface area contributed by atoms with Crippen LogP contribution in [0.1, 0.15) is 43.4 Å². The Labute approximate surface area is 118 Å². The highest BCUT2D eigenvalue weighted by Crippen LogP contribution is 2.31. The van der Waals surface area contributed by atoms with Gasteiger partial charge in [0.1, 0.15) is 5.01 Å². The predicted molar refractivity (Wildman–Crippen MR) is 76.1 cm³/mol. The van der Waals surface area contributed by atoms with E-state index >= 15 is 0 Å². The lowest BCUT2D eigenvalue weighted by Gasteiger charge is -2.38. The monoisotopic (exact) mass is 288 g/mol. The molecule has 5 heteroatoms. The van der Waals surface area contributed by atoms with Crippen LogP contribution >= 0.6 is 22.9 Å². The molecule has 3 atom stereocenters. The van der Waals surface area contributed by atoms with Gasteiger partial charge in [0.25, 0.3) is 0 Å². The summed E-state index contributed by atoms with van der Waals surface area (Å²) in [5.41, 5.74) is 0.959. The molecule has 0 saturated carbocycles. The molecule has 0 aromatic carbocycles. The van der Waals surface area contributed by atoms with Crippen LogP contribution in [0.2, 0.25) is 0 Å². The second kappa shape index (κ2) is 6.33. The van der Waals surface area contributed by atoms with E-state index in [2.05, 4.69) is 23.7 Å². The highest BCUT2D eigenvalue weighted by Gasteiger charge is 2.30. The topological polar surface area (TPSA) is 36.4 Å². The summed E-state index contributed by atoms with van der Waals surface area (Å²) in [5, 5.41) is 13.2. The van der Waals surface area contributed by atoms with Gasteiger partial charge in [-0.2, -0.15) is 0 Å². The SMILES string of the molecule is CCC(c1nc(CCl)cs1)N1CCC(C)C(O)C1. The maximum Gasteiger partial charge on any atom is 0.110 e. The summed E-state index contributed by atoms with van der Waals surface area (Å²) >= 11 is 7.49. The number of rotatable bonds is 4. The van der Waals surface area contributed by atoms with Crippen LogP contribution in [0.25, 0.3) is 0 Å². The van der Waals surface area contributed by atoms with Crippen LogP contribution in [-0.2, 0) is 5.88 Å². The van der Waals surface area contributed by atoms with Crippen molar-refractivity contribution in [1.82, 2.24) is 9.88 Å². The summed E-state index contributed by atoms with van der Waals surface area (Å²) in [6, 6.07) is 0.328. The Morgan fingerprint density at radius 2 is 2.44 bits per heavy atom. The van der Waals surface area contributed by atoms with E-state index in [4.69, 9.17) is 11.6 Å². The summed E-state index contributed by atoms with van der Waals surface area (Å²) < 4.78 is 0. The van der Waals surface area contributed by atoms with Gasteiger partial charge in [0.2, 0.25) is 0 Å². The number of nitrogens with zero attached hydrogens (tertiary/aromatic N) is 2. The fourth-order valence-corrected chi connectivity index (χ4v) is 3.75. The smallest absolute Gasteiger partial charge is 0.110 e. The average molecular weight is 289 g/mol. The Kier molecular flexibility index (Phi) is 5.01. The van der Waals surface area contributed by atoms with Crippen molar-refractivity contribution in [2.75, 3.05) is 13.1 Å². The van der Waals surface area contributed by atoms with Gasteiger partial charge in [-0.25, -0.2) is 4.98 Å². The summed E-state index contributed by atoms with van der Waals surface area (Å²) in [7, 11) is 0. The molecule has 0 amide bonds. The van der Waals surface area contributed by atoms with Crippen molar-refractivity contribution in [3.8, 4) is 0 Å². The molecule has 2 heterocycles. The highest BCUT2D eigenvalue weighted by molar-refractivity contribution is 7.09. The van der Waals surface area contributed by atoms with Gasteiger partial charge in [-0.1, -0.05) is 13.8 Å². The normalized spacial score (nSPS) is 27.3. The molecule has 1 aromatic heterocycles. The van der Waals surface area contributed by atoms with Gasteiger partial charge in [0.15, 0.2) is 0 Å². The molecule has 1 N–H and O–H groups in total. The molecule has 0 radical (unpaired) electrons. The molecule has 1 fully saturated rings. The second-order valence-electron chi connectivity index (χ2n) is 5.06. The van der Waals surface area contributed by atoms with Gasteiger partial charge in [-0.15, -0.1) is 22.9 Å². The van der Waals surface area contributed by atoms with E-state index in [1.165, 1.54) is 0 Å². The first-order chi connectivity index (χ1) is 8.65. The number of alkyl halides is 1. The quantitative estimate of drug-likeness (QED) is 0.865. The Balaban J connectivity index is 2.08. The predicted octanol–water partition coefficient (Wildman–Crippen LogP) is 3.04. The molecule has 1 saturated heterocycles. The number of hydrogen-bond acceptors (Lipinski definition) is 4. The third-order valence-electron chi connectivity index (χ3n) is 3.77.